The average Bonchev–Trinajstić information content (AvgIpc) is 3.59. The Morgan fingerprint density at radius 1 is 0.828 bits per heavy atom. The third-order valence-electron chi connectivity index (χ3n) is 10.0. The molecule has 0 unspecified atom stereocenters. The number of alkyl carbamates (subject to hydrolysis) is 1. The van der Waals surface area contributed by atoms with Crippen molar-refractivity contribution in [2.45, 2.75) is 51.3 Å². The number of hydrogen-bond acceptors (Lipinski definition) is 16. The van der Waals surface area contributed by atoms with E-state index in [4.69, 9.17) is 37.9 Å². The number of esters is 3. The Bertz CT molecular complexity index is 2390. The molecule has 334 valence electrons. The molecule has 0 spiro atoms. The standard InChI is InChI=1S/C45H43N3O16/c1-25-39(60-26(2)49)41(61-27(3)50)43(64-40(25)42(52)57-4)63-37-20-15-28(10-9-21-58-45(54)62-30-18-16-29(17-19-30)48(55)56)22-36(37)47-38(51)23-46-44(53)59-24-35-33-13-7-5-11-31(33)32-12-6-8-14-34(32)35/h5-20,22,25,35,39-41,43H,21,23-24H2,1-4H3,(H,46,53)(H,47,51)/b10-9+/t25-,39-,40-,41+,43+/m0/s1. The Morgan fingerprint density at radius 2 is 1.47 bits per heavy atom. The number of non-ortho nitro benzene ring substituents is 1. The number of fused-ring (bicyclic) bond motifs is 3. The number of benzene rings is 4. The van der Waals surface area contributed by atoms with Crippen LogP contribution >= 0.6 is 0 Å². The van der Waals surface area contributed by atoms with E-state index in [1.807, 2.05) is 48.5 Å². The van der Waals surface area contributed by atoms with Crippen LogP contribution in [0.25, 0.3) is 17.2 Å². The Morgan fingerprint density at radius 3 is 2.09 bits per heavy atom. The van der Waals surface area contributed by atoms with Gasteiger partial charge < -0.3 is 48.5 Å². The molecule has 19 nitrogen and oxygen atoms in total. The molecule has 1 aliphatic heterocycles. The quantitative estimate of drug-likeness (QED) is 0.0452. The second-order valence-corrected chi connectivity index (χ2v) is 14.4. The van der Waals surface area contributed by atoms with Crippen molar-refractivity contribution in [3.8, 4) is 22.6 Å². The number of carbonyl (C=O) groups is 6. The van der Waals surface area contributed by atoms with Crippen molar-refractivity contribution in [3.05, 3.63) is 124 Å². The van der Waals surface area contributed by atoms with E-state index in [2.05, 4.69) is 10.6 Å². The highest BCUT2D eigenvalue weighted by molar-refractivity contribution is 5.95. The van der Waals surface area contributed by atoms with Crippen molar-refractivity contribution in [1.29, 1.82) is 0 Å². The van der Waals surface area contributed by atoms with Crippen molar-refractivity contribution < 1.29 is 71.6 Å². The summed E-state index contributed by atoms with van der Waals surface area (Å²) in [5, 5.41) is 16.0. The van der Waals surface area contributed by atoms with Crippen LogP contribution in [0, 0.1) is 16.0 Å². The monoisotopic (exact) mass is 881 g/mol. The molecule has 0 bridgehead atoms. The number of anilines is 1. The summed E-state index contributed by atoms with van der Waals surface area (Å²) in [4.78, 5) is 86.2. The maximum atomic E-state index is 13.4. The van der Waals surface area contributed by atoms with Gasteiger partial charge in [0.1, 0.15) is 31.3 Å². The molecule has 1 saturated heterocycles. The maximum absolute atomic E-state index is 13.4. The lowest BCUT2D eigenvalue weighted by molar-refractivity contribution is -0.384. The molecule has 19 heteroatoms. The lowest BCUT2D eigenvalue weighted by atomic mass is 9.90. The van der Waals surface area contributed by atoms with Gasteiger partial charge in [-0.25, -0.2) is 14.4 Å². The van der Waals surface area contributed by atoms with Gasteiger partial charge in [0.25, 0.3) is 5.69 Å². The number of methoxy groups -OCH3 is 1. The Balaban J connectivity index is 1.17. The molecule has 64 heavy (non-hydrogen) atoms. The summed E-state index contributed by atoms with van der Waals surface area (Å²) in [7, 11) is 1.14. The number of carbonyl (C=O) groups excluding carboxylic acids is 6. The van der Waals surface area contributed by atoms with Crippen LogP contribution in [0.1, 0.15) is 43.4 Å². The molecule has 1 fully saturated rings. The average molecular weight is 882 g/mol. The van der Waals surface area contributed by atoms with Gasteiger partial charge in [-0.2, -0.15) is 0 Å². The first-order valence-electron chi connectivity index (χ1n) is 19.7. The Labute approximate surface area is 365 Å². The van der Waals surface area contributed by atoms with Crippen LogP contribution in [-0.4, -0.2) is 92.5 Å². The highest BCUT2D eigenvalue weighted by atomic mass is 16.7. The predicted octanol–water partition coefficient (Wildman–Crippen LogP) is 6.08. The highest BCUT2D eigenvalue weighted by Crippen LogP contribution is 2.44. The van der Waals surface area contributed by atoms with Gasteiger partial charge in [-0.3, -0.25) is 24.5 Å². The summed E-state index contributed by atoms with van der Waals surface area (Å²) in [5.74, 6) is -4.21. The van der Waals surface area contributed by atoms with Gasteiger partial charge in [0.05, 0.1) is 17.7 Å². The van der Waals surface area contributed by atoms with Crippen molar-refractivity contribution in [1.82, 2.24) is 5.32 Å². The minimum Gasteiger partial charge on any atom is -0.467 e. The molecule has 5 atom stereocenters. The van der Waals surface area contributed by atoms with Crippen LogP contribution in [0.2, 0.25) is 0 Å². The Kier molecular flexibility index (Phi) is 14.9. The van der Waals surface area contributed by atoms with E-state index in [1.54, 1.807) is 6.07 Å². The van der Waals surface area contributed by atoms with E-state index in [9.17, 15) is 38.9 Å². The first-order chi connectivity index (χ1) is 30.7. The van der Waals surface area contributed by atoms with E-state index in [1.165, 1.54) is 43.3 Å². The molecule has 0 radical (unpaired) electrons. The van der Waals surface area contributed by atoms with Gasteiger partial charge >= 0.3 is 30.2 Å². The van der Waals surface area contributed by atoms with E-state index < -0.39 is 78.1 Å². The van der Waals surface area contributed by atoms with Gasteiger partial charge in [-0.05, 0) is 58.2 Å². The fraction of sp³-hybridized carbons (Fsp3) is 0.289. The highest BCUT2D eigenvalue weighted by Gasteiger charge is 2.52. The molecule has 6 rings (SSSR count). The van der Waals surface area contributed by atoms with Crippen molar-refractivity contribution in [2.75, 3.05) is 32.2 Å². The third kappa shape index (κ3) is 11.4. The number of hydrogen-bond donors (Lipinski definition) is 2. The SMILES string of the molecule is COC(=O)[C@H]1O[C@@H](Oc2ccc(/C=C/COC(=O)Oc3ccc([N+](=O)[O-])cc3)cc2NC(=O)CNC(=O)OCC2c3ccccc3-c3ccccc32)[C@H](OC(C)=O)[C@@H](OC(C)=O)[C@@H]1C. The summed E-state index contributed by atoms with van der Waals surface area (Å²) in [6.07, 6.45) is -4.55. The number of ether oxygens (including phenoxy) is 8. The lowest BCUT2D eigenvalue weighted by Gasteiger charge is -2.42. The number of nitro benzene ring substituents is 1. The van der Waals surface area contributed by atoms with Crippen LogP contribution in [0.4, 0.5) is 21.0 Å². The first kappa shape index (κ1) is 45.7. The number of nitrogens with zero attached hydrogens (tertiary/aromatic N) is 1. The van der Waals surface area contributed by atoms with Gasteiger partial charge in [0.15, 0.2) is 12.2 Å². The molecule has 0 saturated carbocycles. The smallest absolute Gasteiger partial charge is 0.467 e. The number of nitro groups is 1. The van der Waals surface area contributed by atoms with Crippen LogP contribution in [-0.2, 0) is 47.6 Å². The molecule has 2 aliphatic rings. The van der Waals surface area contributed by atoms with E-state index >= 15 is 0 Å². The van der Waals surface area contributed by atoms with Crippen LogP contribution in [0.15, 0.2) is 97.1 Å². The summed E-state index contributed by atoms with van der Waals surface area (Å²) >= 11 is 0. The molecule has 2 amide bonds. The molecule has 0 aromatic heterocycles. The minimum atomic E-state index is -1.60. The molecule has 1 aliphatic carbocycles. The zero-order chi connectivity index (χ0) is 45.9. The lowest BCUT2D eigenvalue weighted by Crippen LogP contribution is -2.60. The van der Waals surface area contributed by atoms with Crippen LogP contribution < -0.4 is 20.1 Å². The van der Waals surface area contributed by atoms with Gasteiger partial charge in [-0.1, -0.05) is 67.6 Å². The van der Waals surface area contributed by atoms with E-state index in [0.29, 0.717) is 5.56 Å². The Hall–Kier alpha value is -7.80. The summed E-state index contributed by atoms with van der Waals surface area (Å²) < 4.78 is 43.7. The predicted molar refractivity (Wildman–Crippen MR) is 224 cm³/mol. The van der Waals surface area contributed by atoms with E-state index in [-0.39, 0.29) is 42.0 Å². The topological polar surface area (TPSA) is 243 Å². The van der Waals surface area contributed by atoms with Crippen molar-refractivity contribution in [2.24, 2.45) is 5.92 Å². The fourth-order valence-electron chi connectivity index (χ4n) is 7.17. The molecular formula is C45H43N3O16. The summed E-state index contributed by atoms with van der Waals surface area (Å²) in [6.45, 7) is 2.98. The number of amides is 2. The van der Waals surface area contributed by atoms with Crippen molar-refractivity contribution in [3.63, 3.8) is 0 Å². The van der Waals surface area contributed by atoms with E-state index in [0.717, 1.165) is 55.3 Å². The number of nitrogens with one attached hydrogen (secondary N) is 2. The number of rotatable bonds is 15. The summed E-state index contributed by atoms with van der Waals surface area (Å²) in [6, 6.07) is 24.9. The van der Waals surface area contributed by atoms with Gasteiger partial charge in [-0.15, -0.1) is 0 Å². The van der Waals surface area contributed by atoms with Crippen molar-refractivity contribution >= 4 is 53.5 Å². The second kappa shape index (κ2) is 20.8. The minimum absolute atomic E-state index is 0.00226. The first-order valence-corrected chi connectivity index (χ1v) is 19.7. The van der Waals surface area contributed by atoms with Crippen LogP contribution in [0.3, 0.4) is 0 Å². The zero-order valence-corrected chi connectivity index (χ0v) is 34.9. The largest absolute Gasteiger partial charge is 0.514 e. The third-order valence-corrected chi connectivity index (χ3v) is 10.0. The molecular weight excluding hydrogens is 838 g/mol. The fourth-order valence-corrected chi connectivity index (χ4v) is 7.17. The molecule has 4 aromatic rings. The molecule has 4 aromatic carbocycles. The molecule has 2 N–H and O–H groups in total. The second-order valence-electron chi connectivity index (χ2n) is 14.4. The van der Waals surface area contributed by atoms with Gasteiger partial charge in [0.2, 0.25) is 18.3 Å². The zero-order valence-electron chi connectivity index (χ0n) is 34.9. The molecule has 1 heterocycles. The van der Waals surface area contributed by atoms with Gasteiger partial charge in [0, 0.05) is 37.8 Å². The van der Waals surface area contributed by atoms with Crippen LogP contribution in [0.5, 0.6) is 11.5 Å². The maximum Gasteiger partial charge on any atom is 0.514 e. The summed E-state index contributed by atoms with van der Waals surface area (Å²) in [5.41, 5.74) is 4.35. The normalized spacial score (nSPS) is 18.7.